The highest BCUT2D eigenvalue weighted by molar-refractivity contribution is 5.85. The molecular weight excluding hydrogens is 230 g/mol. The molecule has 5 heteroatoms. The monoisotopic (exact) mass is 247 g/mol. The van der Waals surface area contributed by atoms with Crippen LogP contribution in [0.4, 0.5) is 0 Å². The van der Waals surface area contributed by atoms with Gasteiger partial charge in [0.2, 0.25) is 0 Å². The Hall–Kier alpha value is -1.10. The number of aldehydes is 1. The second kappa shape index (κ2) is 8.10. The maximum atomic E-state index is 10.6. The van der Waals surface area contributed by atoms with E-state index in [0.29, 0.717) is 5.56 Å². The predicted octanol–water partition coefficient (Wildman–Crippen LogP) is 1.17. The molecule has 1 aromatic carbocycles. The van der Waals surface area contributed by atoms with Crippen LogP contribution in [-0.2, 0) is 6.54 Å². The van der Waals surface area contributed by atoms with Crippen molar-refractivity contribution in [1.82, 2.24) is 4.90 Å². The van der Waals surface area contributed by atoms with Crippen LogP contribution in [0.15, 0.2) is 18.2 Å². The molecule has 16 heavy (non-hydrogen) atoms. The number of carbonyl (C=O) groups is 1. The van der Waals surface area contributed by atoms with E-state index >= 15 is 0 Å². The summed E-state index contributed by atoms with van der Waals surface area (Å²) < 4.78 is 5.20. The summed E-state index contributed by atoms with van der Waals surface area (Å²) in [6.45, 7) is 0.769. The average molecular weight is 248 g/mol. The fourth-order valence-corrected chi connectivity index (χ4v) is 1.34. The van der Waals surface area contributed by atoms with Gasteiger partial charge < -0.3 is 15.1 Å². The zero-order chi connectivity index (χ0) is 10.6. The predicted molar refractivity (Wildman–Crippen MR) is 66.6 cm³/mol. The summed E-state index contributed by atoms with van der Waals surface area (Å²) in [6, 6.07) is 5.43. The zero-order valence-electron chi connectivity index (χ0n) is 9.69. The molecule has 0 atom stereocenters. The first-order valence-corrected chi connectivity index (χ1v) is 4.44. The fourth-order valence-electron chi connectivity index (χ4n) is 1.34. The molecule has 2 N–H and O–H groups in total. The van der Waals surface area contributed by atoms with E-state index in [1.54, 1.807) is 13.2 Å². The SMILES string of the molecule is COc1ccc(C=O)cc1CN(C)C.Cl.O. The highest BCUT2D eigenvalue weighted by Gasteiger charge is 2.04. The molecular formula is C11H18ClNO3. The van der Waals surface area contributed by atoms with Gasteiger partial charge in [-0.15, -0.1) is 12.4 Å². The second-order valence-corrected chi connectivity index (χ2v) is 3.43. The molecule has 92 valence electrons. The summed E-state index contributed by atoms with van der Waals surface area (Å²) >= 11 is 0. The van der Waals surface area contributed by atoms with Crippen LogP contribution in [0.2, 0.25) is 0 Å². The summed E-state index contributed by atoms with van der Waals surface area (Å²) in [5.74, 6) is 0.823. The van der Waals surface area contributed by atoms with Crippen LogP contribution in [0, 0.1) is 0 Å². The Morgan fingerprint density at radius 3 is 2.44 bits per heavy atom. The number of nitrogens with zero attached hydrogens (tertiary/aromatic N) is 1. The number of hydrogen-bond donors (Lipinski definition) is 0. The van der Waals surface area contributed by atoms with Crippen molar-refractivity contribution in [1.29, 1.82) is 0 Å². The summed E-state index contributed by atoms with van der Waals surface area (Å²) in [5.41, 5.74) is 1.71. The highest BCUT2D eigenvalue weighted by atomic mass is 35.5. The van der Waals surface area contributed by atoms with Crippen LogP contribution in [0.5, 0.6) is 5.75 Å². The minimum absolute atomic E-state index is 0. The first-order valence-electron chi connectivity index (χ1n) is 4.44. The third-order valence-electron chi connectivity index (χ3n) is 1.93. The van der Waals surface area contributed by atoms with Crippen LogP contribution in [0.25, 0.3) is 0 Å². The Bertz CT molecular complexity index is 329. The lowest BCUT2D eigenvalue weighted by Crippen LogP contribution is -2.11. The quantitative estimate of drug-likeness (QED) is 0.751. The van der Waals surface area contributed by atoms with Crippen molar-refractivity contribution in [3.8, 4) is 5.75 Å². The van der Waals surface area contributed by atoms with Crippen molar-refractivity contribution in [2.45, 2.75) is 6.54 Å². The lowest BCUT2D eigenvalue weighted by Gasteiger charge is -2.13. The molecule has 0 amide bonds. The summed E-state index contributed by atoms with van der Waals surface area (Å²) in [6.07, 6.45) is 0.846. The minimum atomic E-state index is 0. The van der Waals surface area contributed by atoms with Crippen LogP contribution < -0.4 is 4.74 Å². The van der Waals surface area contributed by atoms with Crippen molar-refractivity contribution in [3.63, 3.8) is 0 Å². The number of hydrogen-bond acceptors (Lipinski definition) is 3. The number of ether oxygens (including phenoxy) is 1. The molecule has 1 aromatic rings. The number of carbonyl (C=O) groups excluding carboxylic acids is 1. The van der Waals surface area contributed by atoms with E-state index < -0.39 is 0 Å². The van der Waals surface area contributed by atoms with Gasteiger partial charge in [-0.1, -0.05) is 0 Å². The normalized spacial score (nSPS) is 9.00. The second-order valence-electron chi connectivity index (χ2n) is 3.43. The maximum Gasteiger partial charge on any atom is 0.150 e. The molecule has 0 heterocycles. The van der Waals surface area contributed by atoms with Crippen LogP contribution >= 0.6 is 12.4 Å². The number of benzene rings is 1. The Labute approximate surface area is 102 Å². The topological polar surface area (TPSA) is 61.0 Å². The van der Waals surface area contributed by atoms with Gasteiger partial charge in [0.05, 0.1) is 7.11 Å². The molecule has 1 rings (SSSR count). The molecule has 0 saturated heterocycles. The summed E-state index contributed by atoms with van der Waals surface area (Å²) in [5, 5.41) is 0. The maximum absolute atomic E-state index is 10.6. The first-order chi connectivity index (χ1) is 6.67. The van der Waals surface area contributed by atoms with Gasteiger partial charge >= 0.3 is 0 Å². The van der Waals surface area contributed by atoms with Gasteiger partial charge in [-0.05, 0) is 32.3 Å². The first kappa shape index (κ1) is 17.3. The molecule has 0 saturated carbocycles. The van der Waals surface area contributed by atoms with Crippen molar-refractivity contribution in [3.05, 3.63) is 29.3 Å². The van der Waals surface area contributed by atoms with Crippen molar-refractivity contribution >= 4 is 18.7 Å². The lowest BCUT2D eigenvalue weighted by molar-refractivity contribution is 0.112. The summed E-state index contributed by atoms with van der Waals surface area (Å²) in [4.78, 5) is 12.6. The number of halogens is 1. The van der Waals surface area contributed by atoms with Gasteiger partial charge in [-0.25, -0.2) is 0 Å². The Morgan fingerprint density at radius 1 is 1.38 bits per heavy atom. The van der Waals surface area contributed by atoms with E-state index in [1.165, 1.54) is 0 Å². The van der Waals surface area contributed by atoms with E-state index in [9.17, 15) is 4.79 Å². The number of rotatable bonds is 4. The molecule has 0 aliphatic heterocycles. The van der Waals surface area contributed by atoms with Crippen LogP contribution in [-0.4, -0.2) is 37.9 Å². The van der Waals surface area contributed by atoms with E-state index in [2.05, 4.69) is 0 Å². The highest BCUT2D eigenvalue weighted by Crippen LogP contribution is 2.20. The van der Waals surface area contributed by atoms with Gasteiger partial charge in [0, 0.05) is 17.7 Å². The van der Waals surface area contributed by atoms with Crippen molar-refractivity contribution in [2.24, 2.45) is 0 Å². The van der Waals surface area contributed by atoms with E-state index in [-0.39, 0.29) is 17.9 Å². The molecule has 0 bridgehead atoms. The third kappa shape index (κ3) is 4.61. The van der Waals surface area contributed by atoms with Gasteiger partial charge in [-0.2, -0.15) is 0 Å². The third-order valence-corrected chi connectivity index (χ3v) is 1.93. The molecule has 0 aromatic heterocycles. The van der Waals surface area contributed by atoms with E-state index in [1.807, 2.05) is 31.1 Å². The minimum Gasteiger partial charge on any atom is -0.496 e. The van der Waals surface area contributed by atoms with Gasteiger partial charge in [0.15, 0.2) is 0 Å². The standard InChI is InChI=1S/C11H15NO2.ClH.H2O/c1-12(2)7-10-6-9(8-13)4-5-11(10)14-3;;/h4-6,8H,7H2,1-3H3;1H;1H2. The fraction of sp³-hybridized carbons (Fsp3) is 0.364. The van der Waals surface area contributed by atoms with E-state index in [0.717, 1.165) is 24.1 Å². The molecule has 4 nitrogen and oxygen atoms in total. The smallest absolute Gasteiger partial charge is 0.150 e. The van der Waals surface area contributed by atoms with Gasteiger partial charge in [-0.3, -0.25) is 4.79 Å². The molecule has 0 fully saturated rings. The lowest BCUT2D eigenvalue weighted by atomic mass is 10.1. The Morgan fingerprint density at radius 2 is 2.00 bits per heavy atom. The Kier molecular flexibility index (Phi) is 8.76. The number of methoxy groups -OCH3 is 1. The molecule has 0 aliphatic rings. The molecule has 0 radical (unpaired) electrons. The average Bonchev–Trinajstić information content (AvgIpc) is 2.16. The van der Waals surface area contributed by atoms with Gasteiger partial charge in [0.25, 0.3) is 0 Å². The largest absolute Gasteiger partial charge is 0.496 e. The van der Waals surface area contributed by atoms with E-state index in [4.69, 9.17) is 4.74 Å². The Balaban J connectivity index is 0. The summed E-state index contributed by atoms with van der Waals surface area (Å²) in [7, 11) is 5.59. The van der Waals surface area contributed by atoms with Crippen molar-refractivity contribution in [2.75, 3.05) is 21.2 Å². The van der Waals surface area contributed by atoms with Crippen LogP contribution in [0.1, 0.15) is 15.9 Å². The van der Waals surface area contributed by atoms with Gasteiger partial charge in [0.1, 0.15) is 12.0 Å². The molecule has 0 spiro atoms. The zero-order valence-corrected chi connectivity index (χ0v) is 10.5. The molecule has 0 unspecified atom stereocenters. The van der Waals surface area contributed by atoms with Crippen molar-refractivity contribution < 1.29 is 15.0 Å². The molecule has 0 aliphatic carbocycles. The van der Waals surface area contributed by atoms with Crippen LogP contribution in [0.3, 0.4) is 0 Å².